The molecule has 9 heteroatoms. The minimum Gasteiger partial charge on any atom is -0.360 e. The van der Waals surface area contributed by atoms with Crippen molar-refractivity contribution in [1.82, 2.24) is 14.8 Å². The van der Waals surface area contributed by atoms with Gasteiger partial charge in [-0.2, -0.15) is 0 Å². The minimum atomic E-state index is -3.70. The van der Waals surface area contributed by atoms with Crippen molar-refractivity contribution < 1.29 is 13.2 Å². The van der Waals surface area contributed by atoms with E-state index in [1.165, 1.54) is 0 Å². The normalized spacial score (nSPS) is 16.9. The predicted octanol–water partition coefficient (Wildman–Crippen LogP) is 2.92. The van der Waals surface area contributed by atoms with Crippen LogP contribution in [-0.4, -0.2) is 30.6 Å². The molecule has 1 aliphatic rings. The van der Waals surface area contributed by atoms with Gasteiger partial charge < -0.3 is 5.32 Å². The number of amides is 1. The first kappa shape index (κ1) is 17.7. The Morgan fingerprint density at radius 1 is 1.15 bits per heavy atom. The van der Waals surface area contributed by atoms with E-state index in [9.17, 15) is 13.2 Å². The number of pyridine rings is 1. The Balaban J connectivity index is 1.88. The highest BCUT2D eigenvalue weighted by molar-refractivity contribution is 7.88. The van der Waals surface area contributed by atoms with Crippen LogP contribution < -0.4 is 10.1 Å². The van der Waals surface area contributed by atoms with Crippen molar-refractivity contribution in [2.45, 2.75) is 6.17 Å². The monoisotopic (exact) mass is 402 g/mol. The molecule has 0 saturated carbocycles. The van der Waals surface area contributed by atoms with Gasteiger partial charge >= 0.3 is 0 Å². The zero-order valence-corrected chi connectivity index (χ0v) is 15.8. The average Bonchev–Trinajstić information content (AvgIpc) is 2.62. The third-order valence-electron chi connectivity index (χ3n) is 4.19. The highest BCUT2D eigenvalue weighted by Crippen LogP contribution is 2.35. The van der Waals surface area contributed by atoms with Crippen LogP contribution in [0.4, 0.5) is 5.69 Å². The number of aromatic nitrogens is 1. The summed E-state index contributed by atoms with van der Waals surface area (Å²) in [5.74, 6) is -0.482. The quantitative estimate of drug-likeness (QED) is 0.657. The molecule has 1 aromatic heterocycles. The third-order valence-corrected chi connectivity index (χ3v) is 5.02. The summed E-state index contributed by atoms with van der Waals surface area (Å²) in [6.45, 7) is 0. The molecule has 1 aliphatic heterocycles. The van der Waals surface area contributed by atoms with Crippen molar-refractivity contribution in [3.63, 3.8) is 0 Å². The number of nitrogens with one attached hydrogen (secondary N) is 2. The highest BCUT2D eigenvalue weighted by atomic mass is 35.5. The molecule has 27 heavy (non-hydrogen) atoms. The maximum absolute atomic E-state index is 12.9. The Kier molecular flexibility index (Phi) is 4.26. The number of carbonyl (C=O) groups excluding carboxylic acids is 1. The van der Waals surface area contributed by atoms with Crippen LogP contribution in [0.15, 0.2) is 54.6 Å². The zero-order chi connectivity index (χ0) is 19.2. The molecule has 1 amide bonds. The largest absolute Gasteiger partial charge is 0.360 e. The Hall–Kier alpha value is -2.68. The molecule has 0 bridgehead atoms. The standard InChI is InChI=1S/C18H15ClN4O3S/c1-27(25,26)22-23-17(21-15-9-5-3-7-12(15)18(23)24)13-10-11-6-2-4-8-14(11)20-16(13)19/h2-10,17,21-22H,1H3/t17-/m1/s1. The Morgan fingerprint density at radius 3 is 2.63 bits per heavy atom. The number of anilines is 1. The average molecular weight is 403 g/mol. The molecule has 138 valence electrons. The van der Waals surface area contributed by atoms with E-state index >= 15 is 0 Å². The molecule has 0 unspecified atom stereocenters. The number of benzene rings is 2. The lowest BCUT2D eigenvalue weighted by Gasteiger charge is -2.37. The van der Waals surface area contributed by atoms with E-state index in [-0.39, 0.29) is 5.15 Å². The molecule has 0 saturated heterocycles. The molecule has 0 fully saturated rings. The van der Waals surface area contributed by atoms with E-state index in [1.54, 1.807) is 30.3 Å². The van der Waals surface area contributed by atoms with Gasteiger partial charge in [-0.15, -0.1) is 4.83 Å². The first-order valence-electron chi connectivity index (χ1n) is 8.05. The Labute approximate surface area is 161 Å². The van der Waals surface area contributed by atoms with Crippen molar-refractivity contribution in [2.24, 2.45) is 0 Å². The van der Waals surface area contributed by atoms with Crippen molar-refractivity contribution in [3.05, 3.63) is 70.9 Å². The molecular formula is C18H15ClN4O3S. The molecule has 4 rings (SSSR count). The fourth-order valence-corrected chi connectivity index (χ4v) is 3.84. The number of para-hydroxylation sites is 2. The number of fused-ring (bicyclic) bond motifs is 2. The smallest absolute Gasteiger partial charge is 0.273 e. The number of rotatable bonds is 3. The molecule has 3 aromatic rings. The van der Waals surface area contributed by atoms with Gasteiger partial charge in [-0.05, 0) is 24.3 Å². The number of sulfonamides is 1. The van der Waals surface area contributed by atoms with Crippen molar-refractivity contribution >= 4 is 44.1 Å². The number of hydrogen-bond acceptors (Lipinski definition) is 5. The molecule has 2 heterocycles. The van der Waals surface area contributed by atoms with E-state index in [1.807, 2.05) is 24.3 Å². The van der Waals surface area contributed by atoms with Crippen molar-refractivity contribution in [3.8, 4) is 0 Å². The fraction of sp³-hybridized carbons (Fsp3) is 0.111. The van der Waals surface area contributed by atoms with Crippen LogP contribution in [0.2, 0.25) is 5.15 Å². The Morgan fingerprint density at radius 2 is 1.85 bits per heavy atom. The van der Waals surface area contributed by atoms with E-state index < -0.39 is 22.1 Å². The van der Waals surface area contributed by atoms with Gasteiger partial charge in [0.2, 0.25) is 10.0 Å². The lowest BCUT2D eigenvalue weighted by Crippen LogP contribution is -2.52. The first-order chi connectivity index (χ1) is 12.8. The van der Waals surface area contributed by atoms with Crippen LogP contribution in [0, 0.1) is 0 Å². The number of hydrogen-bond donors (Lipinski definition) is 2. The molecule has 0 radical (unpaired) electrons. The van der Waals surface area contributed by atoms with Crippen LogP contribution in [-0.2, 0) is 10.0 Å². The topological polar surface area (TPSA) is 91.4 Å². The SMILES string of the molecule is CS(=O)(=O)NN1C(=O)c2ccccc2N[C@H]1c1cc2ccccc2nc1Cl. The van der Waals surface area contributed by atoms with E-state index in [2.05, 4.69) is 15.1 Å². The molecule has 0 spiro atoms. The second-order valence-electron chi connectivity index (χ2n) is 6.19. The van der Waals surface area contributed by atoms with Gasteiger partial charge in [0.05, 0.1) is 17.3 Å². The number of halogens is 1. The zero-order valence-electron chi connectivity index (χ0n) is 14.2. The van der Waals surface area contributed by atoms with E-state index in [0.717, 1.165) is 16.7 Å². The summed E-state index contributed by atoms with van der Waals surface area (Å²) < 4.78 is 23.7. The van der Waals surface area contributed by atoms with E-state index in [4.69, 9.17) is 11.6 Å². The van der Waals surface area contributed by atoms with Gasteiger partial charge in [0, 0.05) is 16.6 Å². The highest BCUT2D eigenvalue weighted by Gasteiger charge is 2.36. The summed E-state index contributed by atoms with van der Waals surface area (Å²) in [5, 5.41) is 5.20. The summed E-state index contributed by atoms with van der Waals surface area (Å²) in [6.07, 6.45) is 0.129. The molecular weight excluding hydrogens is 388 g/mol. The third kappa shape index (κ3) is 3.34. The van der Waals surface area contributed by atoms with Crippen LogP contribution >= 0.6 is 11.6 Å². The van der Waals surface area contributed by atoms with E-state index in [0.29, 0.717) is 22.3 Å². The molecule has 0 aliphatic carbocycles. The molecule has 2 aromatic carbocycles. The van der Waals surface area contributed by atoms with Crippen LogP contribution in [0.1, 0.15) is 22.1 Å². The summed E-state index contributed by atoms with van der Waals surface area (Å²) in [6, 6.07) is 16.1. The van der Waals surface area contributed by atoms with Crippen LogP contribution in [0.25, 0.3) is 10.9 Å². The van der Waals surface area contributed by atoms with Gasteiger partial charge in [0.25, 0.3) is 5.91 Å². The van der Waals surface area contributed by atoms with Gasteiger partial charge in [-0.1, -0.05) is 41.9 Å². The maximum Gasteiger partial charge on any atom is 0.273 e. The maximum atomic E-state index is 12.9. The number of hydrazine groups is 1. The van der Waals surface area contributed by atoms with Gasteiger partial charge in [-0.25, -0.2) is 18.4 Å². The first-order valence-corrected chi connectivity index (χ1v) is 10.3. The summed E-state index contributed by atoms with van der Waals surface area (Å²) in [7, 11) is -3.70. The van der Waals surface area contributed by atoms with Crippen molar-refractivity contribution in [2.75, 3.05) is 11.6 Å². The second kappa shape index (κ2) is 6.49. The lowest BCUT2D eigenvalue weighted by molar-refractivity contribution is 0.0633. The van der Waals surface area contributed by atoms with Crippen LogP contribution in [0.3, 0.4) is 0 Å². The van der Waals surface area contributed by atoms with Gasteiger partial charge in [0.1, 0.15) is 11.3 Å². The van der Waals surface area contributed by atoms with Crippen molar-refractivity contribution in [1.29, 1.82) is 0 Å². The van der Waals surface area contributed by atoms with Crippen LogP contribution in [0.5, 0.6) is 0 Å². The lowest BCUT2D eigenvalue weighted by atomic mass is 10.0. The van der Waals surface area contributed by atoms with Gasteiger partial charge in [0.15, 0.2) is 0 Å². The molecule has 1 atom stereocenters. The summed E-state index contributed by atoms with van der Waals surface area (Å²) >= 11 is 6.38. The predicted molar refractivity (Wildman–Crippen MR) is 104 cm³/mol. The molecule has 2 N–H and O–H groups in total. The molecule has 7 nitrogen and oxygen atoms in total. The van der Waals surface area contributed by atoms with Gasteiger partial charge in [-0.3, -0.25) is 4.79 Å². The number of carbonyl (C=O) groups is 1. The Bertz CT molecular complexity index is 1170. The summed E-state index contributed by atoms with van der Waals surface area (Å²) in [4.78, 5) is 19.6. The summed E-state index contributed by atoms with van der Waals surface area (Å²) in [5.41, 5.74) is 2.13. The fourth-order valence-electron chi connectivity index (χ4n) is 3.04. The minimum absolute atomic E-state index is 0.179. The second-order valence-corrected chi connectivity index (χ2v) is 8.28. The number of nitrogens with zero attached hydrogens (tertiary/aromatic N) is 2.